The maximum Gasteiger partial charge on any atom is 0.141 e. The Bertz CT molecular complexity index is 650. The number of nitrogens with two attached hydrogens (primary N) is 1. The first-order valence-electron chi connectivity index (χ1n) is 7.17. The summed E-state index contributed by atoms with van der Waals surface area (Å²) in [6, 6.07) is 10.5. The summed E-state index contributed by atoms with van der Waals surface area (Å²) in [6.45, 7) is 8.27. The molecule has 21 heavy (non-hydrogen) atoms. The second-order valence-corrected chi connectivity index (χ2v) is 6.56. The summed E-state index contributed by atoms with van der Waals surface area (Å²) in [5, 5.41) is 0. The zero-order valence-corrected chi connectivity index (χ0v) is 14.6. The molecular weight excluding hydrogens is 326 g/mol. The van der Waals surface area contributed by atoms with Crippen LogP contribution in [0.5, 0.6) is 11.5 Å². The molecule has 0 aliphatic heterocycles. The van der Waals surface area contributed by atoms with E-state index in [0.29, 0.717) is 0 Å². The molecule has 0 aliphatic rings. The van der Waals surface area contributed by atoms with Gasteiger partial charge in [0.05, 0.1) is 4.47 Å². The predicted octanol–water partition coefficient (Wildman–Crippen LogP) is 5.06. The summed E-state index contributed by atoms with van der Waals surface area (Å²) < 4.78 is 7.09. The predicted molar refractivity (Wildman–Crippen MR) is 92.2 cm³/mol. The molecule has 3 heteroatoms. The lowest BCUT2D eigenvalue weighted by Gasteiger charge is -2.15. The molecule has 0 amide bonds. The first-order chi connectivity index (χ1) is 9.88. The van der Waals surface area contributed by atoms with E-state index in [2.05, 4.69) is 61.0 Å². The van der Waals surface area contributed by atoms with Gasteiger partial charge in [0.1, 0.15) is 11.5 Å². The molecule has 0 bridgehead atoms. The molecule has 0 saturated heterocycles. The lowest BCUT2D eigenvalue weighted by molar-refractivity contribution is 0.471. The molecule has 1 atom stereocenters. The summed E-state index contributed by atoms with van der Waals surface area (Å²) in [5.41, 5.74) is 10.6. The van der Waals surface area contributed by atoms with Crippen LogP contribution in [0.4, 0.5) is 0 Å². The molecule has 0 spiro atoms. The number of ether oxygens (including phenoxy) is 1. The first kappa shape index (κ1) is 16.1. The van der Waals surface area contributed by atoms with Crippen LogP contribution < -0.4 is 10.5 Å². The van der Waals surface area contributed by atoms with E-state index in [-0.39, 0.29) is 6.04 Å². The maximum absolute atomic E-state index is 6.13. The monoisotopic (exact) mass is 347 g/mol. The molecule has 2 rings (SSSR count). The Labute approximate surface area is 135 Å². The third-order valence-corrected chi connectivity index (χ3v) is 4.26. The van der Waals surface area contributed by atoms with E-state index < -0.39 is 0 Å². The largest absolute Gasteiger partial charge is 0.456 e. The van der Waals surface area contributed by atoms with Crippen molar-refractivity contribution in [3.05, 3.63) is 57.1 Å². The average Bonchev–Trinajstić information content (AvgIpc) is 2.41. The highest BCUT2D eigenvalue weighted by molar-refractivity contribution is 9.10. The van der Waals surface area contributed by atoms with Crippen molar-refractivity contribution in [3.63, 3.8) is 0 Å². The summed E-state index contributed by atoms with van der Waals surface area (Å²) in [7, 11) is 0. The van der Waals surface area contributed by atoms with Crippen LogP contribution in [-0.4, -0.2) is 6.04 Å². The molecule has 1 unspecified atom stereocenters. The van der Waals surface area contributed by atoms with Crippen LogP contribution in [0, 0.1) is 20.8 Å². The van der Waals surface area contributed by atoms with Crippen LogP contribution in [0.1, 0.15) is 29.2 Å². The van der Waals surface area contributed by atoms with Gasteiger partial charge in [-0.05, 0) is 84.4 Å². The molecule has 0 radical (unpaired) electrons. The van der Waals surface area contributed by atoms with Crippen molar-refractivity contribution in [3.8, 4) is 11.5 Å². The Morgan fingerprint density at radius 1 is 1.10 bits per heavy atom. The van der Waals surface area contributed by atoms with Gasteiger partial charge in [0.2, 0.25) is 0 Å². The number of aryl methyl sites for hydroxylation is 2. The molecule has 2 nitrogen and oxygen atoms in total. The fourth-order valence-electron chi connectivity index (χ4n) is 2.32. The number of hydrogen-bond donors (Lipinski definition) is 1. The van der Waals surface area contributed by atoms with E-state index >= 15 is 0 Å². The molecular formula is C18H22BrNO. The van der Waals surface area contributed by atoms with Crippen LogP contribution >= 0.6 is 15.9 Å². The van der Waals surface area contributed by atoms with Gasteiger partial charge < -0.3 is 10.5 Å². The van der Waals surface area contributed by atoms with Gasteiger partial charge >= 0.3 is 0 Å². The normalized spacial score (nSPS) is 12.3. The third kappa shape index (κ3) is 3.86. The molecule has 2 N–H and O–H groups in total. The minimum Gasteiger partial charge on any atom is -0.456 e. The zero-order valence-electron chi connectivity index (χ0n) is 13.0. The lowest BCUT2D eigenvalue weighted by atomic mass is 10.1. The third-order valence-electron chi connectivity index (χ3n) is 3.64. The first-order valence-corrected chi connectivity index (χ1v) is 7.96. The van der Waals surface area contributed by atoms with E-state index in [1.54, 1.807) is 0 Å². The van der Waals surface area contributed by atoms with E-state index in [1.165, 1.54) is 16.7 Å². The van der Waals surface area contributed by atoms with Crippen molar-refractivity contribution < 1.29 is 4.74 Å². The van der Waals surface area contributed by atoms with E-state index in [1.807, 2.05) is 13.0 Å². The molecule has 0 heterocycles. The Hall–Kier alpha value is -1.32. The fraction of sp³-hybridized carbons (Fsp3) is 0.333. The molecule has 2 aromatic rings. The van der Waals surface area contributed by atoms with Crippen LogP contribution in [0.25, 0.3) is 0 Å². The number of rotatable bonds is 4. The minimum atomic E-state index is 0.157. The highest BCUT2D eigenvalue weighted by atomic mass is 79.9. The smallest absolute Gasteiger partial charge is 0.141 e. The highest BCUT2D eigenvalue weighted by Crippen LogP contribution is 2.35. The van der Waals surface area contributed by atoms with Gasteiger partial charge in [-0.15, -0.1) is 0 Å². The summed E-state index contributed by atoms with van der Waals surface area (Å²) in [5.74, 6) is 1.77. The SMILES string of the molecule is Cc1ccc(C)c(Oc2ccc(CC(C)N)cc2Br)c1C. The van der Waals surface area contributed by atoms with Crippen molar-refractivity contribution in [1.29, 1.82) is 0 Å². The molecule has 112 valence electrons. The Kier molecular flexibility index (Phi) is 5.07. The Morgan fingerprint density at radius 3 is 2.38 bits per heavy atom. The molecule has 0 aromatic heterocycles. The van der Waals surface area contributed by atoms with Crippen molar-refractivity contribution in [1.82, 2.24) is 0 Å². The van der Waals surface area contributed by atoms with Gasteiger partial charge in [-0.25, -0.2) is 0 Å². The van der Waals surface area contributed by atoms with Gasteiger partial charge in [0, 0.05) is 6.04 Å². The highest BCUT2D eigenvalue weighted by Gasteiger charge is 2.10. The van der Waals surface area contributed by atoms with Gasteiger partial charge in [-0.2, -0.15) is 0 Å². The van der Waals surface area contributed by atoms with Gasteiger partial charge in [-0.3, -0.25) is 0 Å². The summed E-state index contributed by atoms with van der Waals surface area (Å²) in [4.78, 5) is 0. The lowest BCUT2D eigenvalue weighted by Crippen LogP contribution is -2.17. The van der Waals surface area contributed by atoms with Crippen molar-refractivity contribution >= 4 is 15.9 Å². The zero-order chi connectivity index (χ0) is 15.6. The van der Waals surface area contributed by atoms with Crippen molar-refractivity contribution in [2.24, 2.45) is 5.73 Å². The fourth-order valence-corrected chi connectivity index (χ4v) is 2.83. The van der Waals surface area contributed by atoms with E-state index in [0.717, 1.165) is 28.0 Å². The molecule has 0 fully saturated rings. The second kappa shape index (κ2) is 6.63. The summed E-state index contributed by atoms with van der Waals surface area (Å²) in [6.07, 6.45) is 0.862. The topological polar surface area (TPSA) is 35.2 Å². The van der Waals surface area contributed by atoms with Crippen LogP contribution in [0.3, 0.4) is 0 Å². The molecule has 0 saturated carbocycles. The number of benzene rings is 2. The van der Waals surface area contributed by atoms with Gasteiger partial charge in [0.15, 0.2) is 0 Å². The average molecular weight is 348 g/mol. The van der Waals surface area contributed by atoms with Crippen molar-refractivity contribution in [2.45, 2.75) is 40.2 Å². The van der Waals surface area contributed by atoms with Gasteiger partial charge in [0.25, 0.3) is 0 Å². The second-order valence-electron chi connectivity index (χ2n) is 5.70. The Morgan fingerprint density at radius 2 is 1.76 bits per heavy atom. The number of halogens is 1. The summed E-state index contributed by atoms with van der Waals surface area (Å²) >= 11 is 3.60. The maximum atomic E-state index is 6.13. The molecule has 2 aromatic carbocycles. The minimum absolute atomic E-state index is 0.157. The van der Waals surface area contributed by atoms with E-state index in [4.69, 9.17) is 10.5 Å². The van der Waals surface area contributed by atoms with Crippen LogP contribution in [0.2, 0.25) is 0 Å². The Balaban J connectivity index is 2.30. The van der Waals surface area contributed by atoms with Gasteiger partial charge in [-0.1, -0.05) is 18.2 Å². The molecule has 0 aliphatic carbocycles. The standard InChI is InChI=1S/C18H22BrNO/c1-11-5-6-12(2)18(14(11)4)21-17-8-7-15(9-13(3)20)10-16(17)19/h5-8,10,13H,9,20H2,1-4H3. The van der Waals surface area contributed by atoms with Crippen LogP contribution in [-0.2, 0) is 6.42 Å². The van der Waals surface area contributed by atoms with Crippen LogP contribution in [0.15, 0.2) is 34.8 Å². The number of hydrogen-bond acceptors (Lipinski definition) is 2. The van der Waals surface area contributed by atoms with E-state index in [9.17, 15) is 0 Å². The van der Waals surface area contributed by atoms with Crippen molar-refractivity contribution in [2.75, 3.05) is 0 Å². The quantitative estimate of drug-likeness (QED) is 0.839.